The Kier molecular flexibility index (Phi) is 2.75. The maximum Gasteiger partial charge on any atom is 0.421 e. The van der Waals surface area contributed by atoms with Crippen LogP contribution in [0.5, 0.6) is 0 Å². The lowest BCUT2D eigenvalue weighted by atomic mass is 10.6. The van der Waals surface area contributed by atoms with Gasteiger partial charge in [0.15, 0.2) is 0 Å². The first kappa shape index (κ1) is 7.89. The lowest BCUT2D eigenvalue weighted by molar-refractivity contribution is 0.167. The van der Waals surface area contributed by atoms with Crippen molar-refractivity contribution in [3.8, 4) is 12.0 Å². The van der Waals surface area contributed by atoms with E-state index in [9.17, 15) is 4.79 Å². The lowest BCUT2D eigenvalue weighted by Gasteiger charge is -1.99. The van der Waals surface area contributed by atoms with E-state index in [1.165, 1.54) is 4.90 Å². The van der Waals surface area contributed by atoms with Crippen LogP contribution in [-0.2, 0) is 9.47 Å². The van der Waals surface area contributed by atoms with Gasteiger partial charge in [-0.3, -0.25) is 0 Å². The summed E-state index contributed by atoms with van der Waals surface area (Å²) < 4.78 is 9.32. The number of hydrogen-bond acceptors (Lipinski definition) is 3. The number of carbonyl (C=O) groups excluding carboxylic acids is 1. The molecule has 0 aliphatic carbocycles. The molecule has 1 saturated heterocycles. The van der Waals surface area contributed by atoms with E-state index in [0.29, 0.717) is 19.8 Å². The molecule has 4 nitrogen and oxygen atoms in total. The molecule has 0 bridgehead atoms. The summed E-state index contributed by atoms with van der Waals surface area (Å²) in [5.41, 5.74) is 0. The summed E-state index contributed by atoms with van der Waals surface area (Å²) in [5, 5.41) is 0. The Morgan fingerprint density at radius 3 is 3.18 bits per heavy atom. The highest BCUT2D eigenvalue weighted by molar-refractivity contribution is 5.71. The first-order valence-corrected chi connectivity index (χ1v) is 3.26. The zero-order chi connectivity index (χ0) is 8.10. The van der Waals surface area contributed by atoms with Crippen molar-refractivity contribution in [1.29, 1.82) is 0 Å². The lowest BCUT2D eigenvalue weighted by Crippen LogP contribution is -2.17. The third-order valence-electron chi connectivity index (χ3n) is 1.19. The molecule has 0 aromatic carbocycles. The second-order valence-electron chi connectivity index (χ2n) is 1.99. The van der Waals surface area contributed by atoms with Gasteiger partial charge in [-0.25, -0.2) is 9.69 Å². The monoisotopic (exact) mass is 155 g/mol. The summed E-state index contributed by atoms with van der Waals surface area (Å²) >= 11 is 0. The molecule has 1 fully saturated rings. The Balaban J connectivity index is 2.37. The molecule has 11 heavy (non-hydrogen) atoms. The number of rotatable bonds is 1. The van der Waals surface area contributed by atoms with Crippen molar-refractivity contribution >= 4 is 6.09 Å². The molecule has 0 N–H and O–H groups in total. The van der Waals surface area contributed by atoms with Crippen molar-refractivity contribution in [3.63, 3.8) is 0 Å². The van der Waals surface area contributed by atoms with Gasteiger partial charge >= 0.3 is 6.09 Å². The smallest absolute Gasteiger partial charge is 0.421 e. The highest BCUT2D eigenvalue weighted by atomic mass is 16.6. The number of hydrogen-bond donors (Lipinski definition) is 0. The fraction of sp³-hybridized carbons (Fsp3) is 0.571. The van der Waals surface area contributed by atoms with Gasteiger partial charge in [0.1, 0.15) is 13.2 Å². The highest BCUT2D eigenvalue weighted by Crippen LogP contribution is 1.99. The standard InChI is InChI=1S/C7H9NO3/c1-10-5-2-3-8-4-6-11-7(8)9/h4-6H2,1H3. The van der Waals surface area contributed by atoms with Gasteiger partial charge in [-0.2, -0.15) is 0 Å². The van der Waals surface area contributed by atoms with E-state index in [-0.39, 0.29) is 6.09 Å². The van der Waals surface area contributed by atoms with Crippen LogP contribution < -0.4 is 0 Å². The Labute approximate surface area is 65.1 Å². The Hall–Kier alpha value is -1.21. The first-order valence-electron chi connectivity index (χ1n) is 3.26. The van der Waals surface area contributed by atoms with E-state index in [2.05, 4.69) is 21.4 Å². The van der Waals surface area contributed by atoms with E-state index in [4.69, 9.17) is 0 Å². The molecule has 0 aromatic heterocycles. The van der Waals surface area contributed by atoms with Crippen molar-refractivity contribution in [1.82, 2.24) is 4.90 Å². The van der Waals surface area contributed by atoms with Crippen molar-refractivity contribution in [3.05, 3.63) is 0 Å². The third-order valence-corrected chi connectivity index (χ3v) is 1.19. The van der Waals surface area contributed by atoms with Gasteiger partial charge in [-0.05, 0) is 0 Å². The maximum atomic E-state index is 10.7. The normalized spacial score (nSPS) is 15.7. The van der Waals surface area contributed by atoms with Crippen LogP contribution >= 0.6 is 0 Å². The quantitative estimate of drug-likeness (QED) is 0.502. The van der Waals surface area contributed by atoms with Crippen molar-refractivity contribution in [2.75, 3.05) is 26.9 Å². The first-order chi connectivity index (χ1) is 5.34. The third kappa shape index (κ3) is 2.13. The summed E-state index contributed by atoms with van der Waals surface area (Å²) in [7, 11) is 1.55. The predicted octanol–water partition coefficient (Wildman–Crippen LogP) is 0.0459. The summed E-state index contributed by atoms with van der Waals surface area (Å²) in [6.45, 7) is 1.32. The Bertz CT molecular complexity index is 203. The van der Waals surface area contributed by atoms with Crippen LogP contribution in [0, 0.1) is 12.0 Å². The van der Waals surface area contributed by atoms with E-state index in [0.717, 1.165) is 0 Å². The largest absolute Gasteiger partial charge is 0.447 e. The van der Waals surface area contributed by atoms with Gasteiger partial charge in [0.25, 0.3) is 0 Å². The van der Waals surface area contributed by atoms with Crippen LogP contribution in [-0.4, -0.2) is 37.9 Å². The van der Waals surface area contributed by atoms with Gasteiger partial charge in [0.2, 0.25) is 0 Å². The van der Waals surface area contributed by atoms with E-state index < -0.39 is 0 Å². The predicted molar refractivity (Wildman–Crippen MR) is 37.7 cm³/mol. The number of nitrogens with zero attached hydrogens (tertiary/aromatic N) is 1. The van der Waals surface area contributed by atoms with Crippen molar-refractivity contribution in [2.24, 2.45) is 0 Å². The average Bonchev–Trinajstić information content (AvgIpc) is 2.37. The fourth-order valence-electron chi connectivity index (χ4n) is 0.695. The van der Waals surface area contributed by atoms with Crippen LogP contribution in [0.4, 0.5) is 4.79 Å². The number of amides is 1. The van der Waals surface area contributed by atoms with Crippen molar-refractivity contribution in [2.45, 2.75) is 0 Å². The van der Waals surface area contributed by atoms with Crippen LogP contribution in [0.3, 0.4) is 0 Å². The zero-order valence-electron chi connectivity index (χ0n) is 6.29. The molecule has 60 valence electrons. The topological polar surface area (TPSA) is 38.8 Å². The fourth-order valence-corrected chi connectivity index (χ4v) is 0.695. The molecule has 1 aliphatic rings. The van der Waals surface area contributed by atoms with Crippen molar-refractivity contribution < 1.29 is 14.3 Å². The Morgan fingerprint density at radius 2 is 2.64 bits per heavy atom. The minimum atomic E-state index is -0.367. The summed E-state index contributed by atoms with van der Waals surface area (Å²) in [6, 6.07) is 2.62. The van der Waals surface area contributed by atoms with Gasteiger partial charge in [-0.15, -0.1) is 0 Å². The molecule has 1 aliphatic heterocycles. The summed E-state index contributed by atoms with van der Waals surface area (Å²) in [4.78, 5) is 12.1. The van der Waals surface area contributed by atoms with E-state index in [1.54, 1.807) is 7.11 Å². The highest BCUT2D eigenvalue weighted by Gasteiger charge is 2.19. The molecule has 1 rings (SSSR count). The SMILES string of the molecule is COCC#CN1CCOC1=O. The van der Waals surface area contributed by atoms with E-state index in [1.807, 2.05) is 0 Å². The van der Waals surface area contributed by atoms with Crippen LogP contribution in [0.25, 0.3) is 0 Å². The molecule has 0 saturated carbocycles. The zero-order valence-corrected chi connectivity index (χ0v) is 6.29. The molecule has 1 amide bonds. The van der Waals surface area contributed by atoms with Gasteiger partial charge in [-0.1, -0.05) is 5.92 Å². The molecule has 0 aromatic rings. The molecule has 0 atom stereocenters. The molecular weight excluding hydrogens is 146 g/mol. The molecule has 0 spiro atoms. The summed E-state index contributed by atoms with van der Waals surface area (Å²) in [6.07, 6.45) is -0.367. The van der Waals surface area contributed by atoms with Crippen LogP contribution in [0.1, 0.15) is 0 Å². The minimum Gasteiger partial charge on any atom is -0.447 e. The number of methoxy groups -OCH3 is 1. The minimum absolute atomic E-state index is 0.337. The molecule has 4 heteroatoms. The number of ether oxygens (including phenoxy) is 2. The number of cyclic esters (lactones) is 1. The van der Waals surface area contributed by atoms with Gasteiger partial charge in [0.05, 0.1) is 6.54 Å². The second kappa shape index (κ2) is 3.84. The molecule has 1 heterocycles. The Morgan fingerprint density at radius 1 is 1.82 bits per heavy atom. The van der Waals surface area contributed by atoms with Crippen LogP contribution in [0.2, 0.25) is 0 Å². The maximum absolute atomic E-state index is 10.7. The van der Waals surface area contributed by atoms with Crippen LogP contribution in [0.15, 0.2) is 0 Å². The second-order valence-corrected chi connectivity index (χ2v) is 1.99. The number of carbonyl (C=O) groups is 1. The van der Waals surface area contributed by atoms with Gasteiger partial charge < -0.3 is 9.47 Å². The van der Waals surface area contributed by atoms with E-state index >= 15 is 0 Å². The summed E-state index contributed by atoms with van der Waals surface area (Å²) in [5.74, 6) is 2.66. The molecular formula is C7H9NO3. The van der Waals surface area contributed by atoms with Gasteiger partial charge in [0, 0.05) is 13.2 Å². The molecule has 0 radical (unpaired) electrons. The molecule has 0 unspecified atom stereocenters. The average molecular weight is 155 g/mol.